The van der Waals surface area contributed by atoms with Crippen LogP contribution in [0.3, 0.4) is 0 Å². The normalized spacial score (nSPS) is 11.6. The summed E-state index contributed by atoms with van der Waals surface area (Å²) in [6.45, 7) is 0.527. The van der Waals surface area contributed by atoms with Gasteiger partial charge in [0.2, 0.25) is 10.0 Å². The molecule has 1 aromatic carbocycles. The van der Waals surface area contributed by atoms with Crippen LogP contribution in [0.2, 0.25) is 0 Å². The van der Waals surface area contributed by atoms with E-state index in [2.05, 4.69) is 14.7 Å². The number of rotatable bonds is 6. The van der Waals surface area contributed by atoms with Crippen LogP contribution in [0.1, 0.15) is 16.8 Å². The van der Waals surface area contributed by atoms with E-state index in [1.54, 1.807) is 18.3 Å². The Labute approximate surface area is 112 Å². The number of aromatic amines is 1. The smallest absolute Gasteiger partial charge is 0.216 e. The van der Waals surface area contributed by atoms with E-state index in [1.165, 1.54) is 6.33 Å². The minimum atomic E-state index is -3.40. The van der Waals surface area contributed by atoms with E-state index < -0.39 is 10.0 Å². The van der Waals surface area contributed by atoms with E-state index in [0.29, 0.717) is 6.54 Å². The van der Waals surface area contributed by atoms with Gasteiger partial charge < -0.3 is 10.7 Å². The van der Waals surface area contributed by atoms with Gasteiger partial charge in [-0.05, 0) is 11.1 Å². The molecule has 0 spiro atoms. The standard InChI is InChI=1S/C12H16N4O2S/c13-5-10-3-1-2-4-11(10)8-19(17,18)16-7-12-6-14-9-15-12/h1-4,6,9,16H,5,7-8,13H2,(H,14,15). The molecule has 6 nitrogen and oxygen atoms in total. The first-order valence-electron chi connectivity index (χ1n) is 5.82. The number of nitrogens with one attached hydrogen (secondary N) is 2. The zero-order valence-corrected chi connectivity index (χ0v) is 11.2. The first-order chi connectivity index (χ1) is 9.11. The Morgan fingerprint density at radius 3 is 2.63 bits per heavy atom. The maximum absolute atomic E-state index is 12.0. The number of H-pyrrole nitrogens is 1. The van der Waals surface area contributed by atoms with Gasteiger partial charge in [0, 0.05) is 18.4 Å². The molecule has 0 amide bonds. The van der Waals surface area contributed by atoms with Gasteiger partial charge in [0.05, 0.1) is 18.6 Å². The van der Waals surface area contributed by atoms with Crippen molar-refractivity contribution in [1.82, 2.24) is 14.7 Å². The van der Waals surface area contributed by atoms with Crippen molar-refractivity contribution in [2.75, 3.05) is 0 Å². The molecule has 1 heterocycles. The average molecular weight is 280 g/mol. The van der Waals surface area contributed by atoms with Crippen molar-refractivity contribution in [3.8, 4) is 0 Å². The second-order valence-electron chi connectivity index (χ2n) is 4.13. The molecule has 0 atom stereocenters. The van der Waals surface area contributed by atoms with Crippen LogP contribution >= 0.6 is 0 Å². The van der Waals surface area contributed by atoms with Gasteiger partial charge in [-0.3, -0.25) is 0 Å². The molecule has 0 unspecified atom stereocenters. The highest BCUT2D eigenvalue weighted by atomic mass is 32.2. The summed E-state index contributed by atoms with van der Waals surface area (Å²) in [7, 11) is -3.40. The highest BCUT2D eigenvalue weighted by molar-refractivity contribution is 7.88. The predicted octanol–water partition coefficient (Wildman–Crippen LogP) is 0.488. The molecule has 19 heavy (non-hydrogen) atoms. The minimum Gasteiger partial charge on any atom is -0.347 e. The lowest BCUT2D eigenvalue weighted by atomic mass is 10.1. The molecular weight excluding hydrogens is 264 g/mol. The van der Waals surface area contributed by atoms with Crippen molar-refractivity contribution in [2.45, 2.75) is 18.8 Å². The van der Waals surface area contributed by atoms with Gasteiger partial charge in [0.15, 0.2) is 0 Å². The van der Waals surface area contributed by atoms with Crippen molar-refractivity contribution in [3.63, 3.8) is 0 Å². The third kappa shape index (κ3) is 3.88. The zero-order chi connectivity index (χ0) is 13.7. The van der Waals surface area contributed by atoms with Gasteiger partial charge in [-0.25, -0.2) is 18.1 Å². The number of benzene rings is 1. The predicted molar refractivity (Wildman–Crippen MR) is 72.4 cm³/mol. The summed E-state index contributed by atoms with van der Waals surface area (Å²) in [6.07, 6.45) is 3.09. The van der Waals surface area contributed by atoms with Crippen LogP contribution in [0.5, 0.6) is 0 Å². The summed E-state index contributed by atoms with van der Waals surface area (Å²) in [6, 6.07) is 7.26. The fraction of sp³-hybridized carbons (Fsp3) is 0.250. The second kappa shape index (κ2) is 5.96. The molecule has 0 saturated heterocycles. The summed E-state index contributed by atoms with van der Waals surface area (Å²) < 4.78 is 26.5. The lowest BCUT2D eigenvalue weighted by Crippen LogP contribution is -2.25. The van der Waals surface area contributed by atoms with Gasteiger partial charge in [0.25, 0.3) is 0 Å². The van der Waals surface area contributed by atoms with Crippen molar-refractivity contribution >= 4 is 10.0 Å². The number of sulfonamides is 1. The van der Waals surface area contributed by atoms with E-state index in [9.17, 15) is 8.42 Å². The van der Waals surface area contributed by atoms with Gasteiger partial charge in [0.1, 0.15) is 0 Å². The molecule has 0 aliphatic carbocycles. The molecule has 0 fully saturated rings. The van der Waals surface area contributed by atoms with Crippen molar-refractivity contribution < 1.29 is 8.42 Å². The number of hydrogen-bond donors (Lipinski definition) is 3. The van der Waals surface area contributed by atoms with Crippen LogP contribution < -0.4 is 10.5 Å². The Hall–Kier alpha value is -1.70. The molecule has 0 aliphatic rings. The maximum Gasteiger partial charge on any atom is 0.216 e. The number of aromatic nitrogens is 2. The Bertz CT molecular complexity index is 623. The average Bonchev–Trinajstić information content (AvgIpc) is 2.90. The van der Waals surface area contributed by atoms with Crippen LogP contribution in [0.4, 0.5) is 0 Å². The molecule has 7 heteroatoms. The Kier molecular flexibility index (Phi) is 4.31. The van der Waals surface area contributed by atoms with E-state index in [4.69, 9.17) is 5.73 Å². The van der Waals surface area contributed by atoms with Crippen LogP contribution in [0.15, 0.2) is 36.8 Å². The molecule has 2 rings (SSSR count). The summed E-state index contributed by atoms with van der Waals surface area (Å²) in [4.78, 5) is 6.67. The quantitative estimate of drug-likeness (QED) is 0.716. The summed E-state index contributed by atoms with van der Waals surface area (Å²) in [5, 5.41) is 0. The van der Waals surface area contributed by atoms with E-state index in [-0.39, 0.29) is 12.3 Å². The van der Waals surface area contributed by atoms with Crippen LogP contribution in [-0.2, 0) is 28.9 Å². The molecule has 102 valence electrons. The van der Waals surface area contributed by atoms with Crippen molar-refractivity contribution in [2.24, 2.45) is 5.73 Å². The van der Waals surface area contributed by atoms with Gasteiger partial charge in [-0.1, -0.05) is 24.3 Å². The number of nitrogens with zero attached hydrogens (tertiary/aromatic N) is 1. The summed E-state index contributed by atoms with van der Waals surface area (Å²) in [5.74, 6) is -0.0749. The monoisotopic (exact) mass is 280 g/mol. The molecule has 0 bridgehead atoms. The molecule has 0 aliphatic heterocycles. The topological polar surface area (TPSA) is 101 Å². The largest absolute Gasteiger partial charge is 0.347 e. The first-order valence-corrected chi connectivity index (χ1v) is 7.47. The Balaban J connectivity index is 2.04. The molecule has 1 aromatic heterocycles. The zero-order valence-electron chi connectivity index (χ0n) is 10.3. The number of hydrogen-bond acceptors (Lipinski definition) is 4. The SMILES string of the molecule is NCc1ccccc1CS(=O)(=O)NCc1cnc[nH]1. The molecule has 4 N–H and O–H groups in total. The minimum absolute atomic E-state index is 0.0749. The third-order valence-corrected chi connectivity index (χ3v) is 4.00. The fourth-order valence-electron chi connectivity index (χ4n) is 1.72. The molecule has 2 aromatic rings. The number of nitrogens with two attached hydrogens (primary N) is 1. The molecule has 0 radical (unpaired) electrons. The molecule has 0 saturated carbocycles. The number of imidazole rings is 1. The van der Waals surface area contributed by atoms with Crippen molar-refractivity contribution in [1.29, 1.82) is 0 Å². The Morgan fingerprint density at radius 2 is 2.00 bits per heavy atom. The molecular formula is C12H16N4O2S. The van der Waals surface area contributed by atoms with Gasteiger partial charge in [-0.15, -0.1) is 0 Å². The second-order valence-corrected chi connectivity index (χ2v) is 5.94. The van der Waals surface area contributed by atoms with Gasteiger partial charge >= 0.3 is 0 Å². The third-order valence-electron chi connectivity index (χ3n) is 2.72. The Morgan fingerprint density at radius 1 is 1.26 bits per heavy atom. The maximum atomic E-state index is 12.0. The highest BCUT2D eigenvalue weighted by Gasteiger charge is 2.13. The van der Waals surface area contributed by atoms with E-state index in [1.807, 2.05) is 12.1 Å². The van der Waals surface area contributed by atoms with Crippen LogP contribution in [0.25, 0.3) is 0 Å². The van der Waals surface area contributed by atoms with Gasteiger partial charge in [-0.2, -0.15) is 0 Å². The lowest BCUT2D eigenvalue weighted by molar-refractivity contribution is 0.579. The van der Waals surface area contributed by atoms with Crippen LogP contribution in [-0.4, -0.2) is 18.4 Å². The van der Waals surface area contributed by atoms with E-state index in [0.717, 1.165) is 16.8 Å². The highest BCUT2D eigenvalue weighted by Crippen LogP contribution is 2.11. The lowest BCUT2D eigenvalue weighted by Gasteiger charge is -2.09. The summed E-state index contributed by atoms with van der Waals surface area (Å²) in [5.41, 5.74) is 7.88. The summed E-state index contributed by atoms with van der Waals surface area (Å²) >= 11 is 0. The fourth-order valence-corrected chi connectivity index (χ4v) is 2.89. The first kappa shape index (κ1) is 13.7. The van der Waals surface area contributed by atoms with E-state index >= 15 is 0 Å². The van der Waals surface area contributed by atoms with Crippen LogP contribution in [0, 0.1) is 0 Å². The van der Waals surface area contributed by atoms with Crippen molar-refractivity contribution in [3.05, 3.63) is 53.6 Å².